The van der Waals surface area contributed by atoms with Gasteiger partial charge in [0.05, 0.1) is 5.41 Å². The van der Waals surface area contributed by atoms with Gasteiger partial charge < -0.3 is 0 Å². The van der Waals surface area contributed by atoms with E-state index in [9.17, 15) is 4.79 Å². The van der Waals surface area contributed by atoms with Crippen molar-refractivity contribution in [2.24, 2.45) is 5.41 Å². The molecule has 1 unspecified atom stereocenters. The highest BCUT2D eigenvalue weighted by Gasteiger charge is 2.37. The summed E-state index contributed by atoms with van der Waals surface area (Å²) in [5, 5.41) is 0. The maximum Gasteiger partial charge on any atom is 0.173 e. The molecule has 0 saturated carbocycles. The van der Waals surface area contributed by atoms with Gasteiger partial charge in [-0.3, -0.25) is 4.79 Å². The van der Waals surface area contributed by atoms with Gasteiger partial charge in [-0.05, 0) is 129 Å². The molecule has 0 radical (unpaired) electrons. The van der Waals surface area contributed by atoms with Gasteiger partial charge in [0, 0.05) is 5.56 Å². The van der Waals surface area contributed by atoms with E-state index in [1.54, 1.807) is 0 Å². The van der Waals surface area contributed by atoms with Crippen LogP contribution in [0.5, 0.6) is 0 Å². The van der Waals surface area contributed by atoms with Crippen molar-refractivity contribution in [3.05, 3.63) is 79.9 Å². The summed E-state index contributed by atoms with van der Waals surface area (Å²) in [6.45, 7) is 17.6. The van der Waals surface area contributed by atoms with Crippen molar-refractivity contribution in [2.75, 3.05) is 0 Å². The molecule has 1 heteroatoms. The minimum Gasteiger partial charge on any atom is -0.293 e. The maximum atomic E-state index is 13.9. The molecule has 4 rings (SSSR count). The molecule has 29 heavy (non-hydrogen) atoms. The standard InChI is InChI=1S/C28H32O/c1-15-16(2)19(5)24-22(18(15)4)14-23-25(24)20(6)17(3)21(7)26(23)27(29)28(8)12-10-9-11-13-28/h9-12H,13-14H2,1-8H3. The summed E-state index contributed by atoms with van der Waals surface area (Å²) in [6.07, 6.45) is 9.91. The molecule has 2 aromatic rings. The van der Waals surface area contributed by atoms with Gasteiger partial charge in [-0.2, -0.15) is 0 Å². The molecule has 0 amide bonds. The molecule has 0 spiro atoms. The van der Waals surface area contributed by atoms with Crippen LogP contribution in [0.15, 0.2) is 24.3 Å². The second-order valence-corrected chi connectivity index (χ2v) is 9.37. The van der Waals surface area contributed by atoms with Crippen LogP contribution >= 0.6 is 0 Å². The zero-order valence-electron chi connectivity index (χ0n) is 19.1. The fourth-order valence-electron chi connectivity index (χ4n) is 5.36. The van der Waals surface area contributed by atoms with Crippen molar-refractivity contribution < 1.29 is 4.79 Å². The van der Waals surface area contributed by atoms with Crippen molar-refractivity contribution >= 4 is 5.78 Å². The summed E-state index contributed by atoms with van der Waals surface area (Å²) in [4.78, 5) is 13.9. The number of carbonyl (C=O) groups is 1. The van der Waals surface area contributed by atoms with Crippen LogP contribution in [-0.4, -0.2) is 5.78 Å². The molecule has 150 valence electrons. The Hall–Kier alpha value is -2.41. The summed E-state index contributed by atoms with van der Waals surface area (Å²) in [7, 11) is 0. The third-order valence-corrected chi connectivity index (χ3v) is 7.90. The highest BCUT2D eigenvalue weighted by Crippen LogP contribution is 2.49. The van der Waals surface area contributed by atoms with Gasteiger partial charge in [0.2, 0.25) is 0 Å². The summed E-state index contributed by atoms with van der Waals surface area (Å²) in [5.41, 5.74) is 15.2. The monoisotopic (exact) mass is 384 g/mol. The molecule has 0 bridgehead atoms. The number of hydrogen-bond donors (Lipinski definition) is 0. The molecule has 0 heterocycles. The zero-order chi connectivity index (χ0) is 21.2. The highest BCUT2D eigenvalue weighted by molar-refractivity contribution is 6.07. The van der Waals surface area contributed by atoms with Crippen molar-refractivity contribution in [1.82, 2.24) is 0 Å². The summed E-state index contributed by atoms with van der Waals surface area (Å²) < 4.78 is 0. The Morgan fingerprint density at radius 3 is 1.86 bits per heavy atom. The smallest absolute Gasteiger partial charge is 0.173 e. The molecular formula is C28H32O. The van der Waals surface area contributed by atoms with Gasteiger partial charge in [-0.1, -0.05) is 24.3 Å². The van der Waals surface area contributed by atoms with E-state index >= 15 is 0 Å². The first kappa shape index (κ1) is 19.9. The van der Waals surface area contributed by atoms with E-state index in [0.29, 0.717) is 0 Å². The van der Waals surface area contributed by atoms with E-state index in [0.717, 1.165) is 24.0 Å². The number of benzene rings is 2. The van der Waals surface area contributed by atoms with E-state index in [1.165, 1.54) is 55.6 Å². The van der Waals surface area contributed by atoms with E-state index in [1.807, 2.05) is 12.2 Å². The Bertz CT molecular complexity index is 1140. The van der Waals surface area contributed by atoms with Crippen LogP contribution in [-0.2, 0) is 6.42 Å². The molecule has 1 nitrogen and oxygen atoms in total. The van der Waals surface area contributed by atoms with Crippen LogP contribution in [0.25, 0.3) is 11.1 Å². The molecule has 0 aliphatic heterocycles. The van der Waals surface area contributed by atoms with Crippen molar-refractivity contribution in [3.63, 3.8) is 0 Å². The Morgan fingerprint density at radius 1 is 0.724 bits per heavy atom. The first-order valence-electron chi connectivity index (χ1n) is 10.7. The Balaban J connectivity index is 2.04. The van der Waals surface area contributed by atoms with E-state index < -0.39 is 5.41 Å². The largest absolute Gasteiger partial charge is 0.293 e. The number of rotatable bonds is 2. The summed E-state index contributed by atoms with van der Waals surface area (Å²) >= 11 is 0. The Kier molecular flexibility index (Phi) is 4.49. The van der Waals surface area contributed by atoms with Gasteiger partial charge in [0.1, 0.15) is 0 Å². The first-order valence-corrected chi connectivity index (χ1v) is 10.7. The van der Waals surface area contributed by atoms with Crippen molar-refractivity contribution in [1.29, 1.82) is 0 Å². The quantitative estimate of drug-likeness (QED) is 0.430. The van der Waals surface area contributed by atoms with Crippen molar-refractivity contribution in [3.8, 4) is 11.1 Å². The second-order valence-electron chi connectivity index (χ2n) is 9.37. The fourth-order valence-corrected chi connectivity index (χ4v) is 5.36. The third kappa shape index (κ3) is 2.63. The summed E-state index contributed by atoms with van der Waals surface area (Å²) in [6, 6.07) is 0. The Morgan fingerprint density at radius 2 is 1.28 bits per heavy atom. The lowest BCUT2D eigenvalue weighted by molar-refractivity contribution is 0.0869. The third-order valence-electron chi connectivity index (χ3n) is 7.90. The zero-order valence-corrected chi connectivity index (χ0v) is 19.1. The van der Waals surface area contributed by atoms with Gasteiger partial charge in [0.15, 0.2) is 5.78 Å². The van der Waals surface area contributed by atoms with Crippen LogP contribution in [0.1, 0.15) is 73.8 Å². The van der Waals surface area contributed by atoms with Crippen molar-refractivity contribution in [2.45, 2.75) is 68.2 Å². The van der Waals surface area contributed by atoms with Gasteiger partial charge in [0.25, 0.3) is 0 Å². The van der Waals surface area contributed by atoms with Gasteiger partial charge in [-0.25, -0.2) is 0 Å². The number of fused-ring (bicyclic) bond motifs is 3. The van der Waals surface area contributed by atoms with Crippen LogP contribution in [0, 0.1) is 53.9 Å². The predicted molar refractivity (Wildman–Crippen MR) is 123 cm³/mol. The fraction of sp³-hybridized carbons (Fsp3) is 0.393. The lowest BCUT2D eigenvalue weighted by Crippen LogP contribution is -2.28. The number of hydrogen-bond acceptors (Lipinski definition) is 1. The molecular weight excluding hydrogens is 352 g/mol. The molecule has 0 fully saturated rings. The Labute approximate surface area is 175 Å². The minimum absolute atomic E-state index is 0.270. The lowest BCUT2D eigenvalue weighted by atomic mass is 9.73. The van der Waals surface area contributed by atoms with Gasteiger partial charge in [-0.15, -0.1) is 0 Å². The lowest BCUT2D eigenvalue weighted by Gasteiger charge is -2.28. The number of ketones is 1. The molecule has 2 aliphatic rings. The molecule has 0 aromatic heterocycles. The highest BCUT2D eigenvalue weighted by atomic mass is 16.1. The van der Waals surface area contributed by atoms with E-state index in [2.05, 4.69) is 67.5 Å². The van der Waals surface area contributed by atoms with Crippen LogP contribution in [0.4, 0.5) is 0 Å². The molecule has 2 aromatic carbocycles. The molecule has 0 saturated heterocycles. The number of allylic oxidation sites excluding steroid dienone is 4. The van der Waals surface area contributed by atoms with E-state index in [4.69, 9.17) is 0 Å². The molecule has 0 N–H and O–H groups in total. The van der Waals surface area contributed by atoms with Gasteiger partial charge >= 0.3 is 0 Å². The topological polar surface area (TPSA) is 17.1 Å². The SMILES string of the molecule is Cc1c(C)c(C)c2c(c1C)Cc1c(C(=O)C3(C)C=CC=CC3)c(C)c(C)c(C)c1-2. The molecule has 1 atom stereocenters. The second kappa shape index (κ2) is 6.55. The van der Waals surface area contributed by atoms with Crippen LogP contribution in [0.2, 0.25) is 0 Å². The maximum absolute atomic E-state index is 13.9. The number of carbonyl (C=O) groups excluding carboxylic acids is 1. The van der Waals surface area contributed by atoms with Crippen LogP contribution < -0.4 is 0 Å². The predicted octanol–water partition coefficient (Wildman–Crippen LogP) is 7.12. The average Bonchev–Trinajstić information content (AvgIpc) is 3.10. The van der Waals surface area contributed by atoms with E-state index in [-0.39, 0.29) is 5.78 Å². The normalized spacial score (nSPS) is 19.4. The summed E-state index contributed by atoms with van der Waals surface area (Å²) in [5.74, 6) is 0.270. The minimum atomic E-state index is -0.459. The molecule has 2 aliphatic carbocycles. The first-order chi connectivity index (χ1) is 13.6. The average molecular weight is 385 g/mol. The van der Waals surface area contributed by atoms with Crippen LogP contribution in [0.3, 0.4) is 0 Å². The number of Topliss-reactive ketones (excluding diaryl/α,β-unsaturated/α-hetero) is 1.